The summed E-state index contributed by atoms with van der Waals surface area (Å²) in [6.07, 6.45) is 6.34. The third-order valence-corrected chi connectivity index (χ3v) is 3.90. The van der Waals surface area contributed by atoms with Gasteiger partial charge in [-0.1, -0.05) is 11.6 Å². The van der Waals surface area contributed by atoms with Crippen molar-refractivity contribution in [1.82, 2.24) is 14.8 Å². The van der Waals surface area contributed by atoms with Crippen molar-refractivity contribution >= 4 is 29.9 Å². The molecule has 1 N–H and O–H groups in total. The number of aryl methyl sites for hydroxylation is 1. The zero-order chi connectivity index (χ0) is 15.8. The molecule has 130 valence electrons. The van der Waals surface area contributed by atoms with Crippen LogP contribution in [0.5, 0.6) is 0 Å². The van der Waals surface area contributed by atoms with Crippen molar-refractivity contribution in [3.63, 3.8) is 0 Å². The molecular weight excluding hydrogens is 403 g/mol. The van der Waals surface area contributed by atoms with Gasteiger partial charge in [0.05, 0.1) is 19.8 Å². The normalized spacial score (nSPS) is 14.9. The van der Waals surface area contributed by atoms with E-state index in [1.807, 2.05) is 0 Å². The van der Waals surface area contributed by atoms with Crippen LogP contribution in [0.25, 0.3) is 0 Å². The first-order valence-corrected chi connectivity index (χ1v) is 8.06. The molecule has 6 heteroatoms. The predicted octanol–water partition coefficient (Wildman–Crippen LogP) is 2.78. The Morgan fingerprint density at radius 1 is 1.48 bits per heavy atom. The number of guanidine groups is 1. The van der Waals surface area contributed by atoms with Crippen molar-refractivity contribution in [2.75, 3.05) is 33.4 Å². The highest BCUT2D eigenvalue weighted by atomic mass is 127. The van der Waals surface area contributed by atoms with E-state index < -0.39 is 0 Å². The van der Waals surface area contributed by atoms with Crippen LogP contribution >= 0.6 is 24.0 Å². The van der Waals surface area contributed by atoms with E-state index in [1.54, 1.807) is 0 Å². The molecule has 1 aliphatic heterocycles. The summed E-state index contributed by atoms with van der Waals surface area (Å²) in [4.78, 5) is 6.94. The molecule has 0 saturated carbocycles. The second kappa shape index (κ2) is 10.7. The fourth-order valence-electron chi connectivity index (χ4n) is 2.55. The standard InChI is InChI=1S/C17H28N4O.HI/c1-4-18-17(19-10-7-15-8-12-22-13-9-15)21(3)14-16-6-5-11-20(16)2;/h5-6,8,11H,4,7,9-10,12-14H2,1-3H3,(H,18,19);1H. The van der Waals surface area contributed by atoms with Gasteiger partial charge < -0.3 is 19.5 Å². The largest absolute Gasteiger partial charge is 0.377 e. The van der Waals surface area contributed by atoms with E-state index in [0.29, 0.717) is 0 Å². The lowest BCUT2D eigenvalue weighted by atomic mass is 10.1. The number of aliphatic imine (C=N–C) groups is 1. The Balaban J connectivity index is 0.00000264. The summed E-state index contributed by atoms with van der Waals surface area (Å²) in [7, 11) is 4.16. The van der Waals surface area contributed by atoms with Gasteiger partial charge in [0.25, 0.3) is 0 Å². The molecule has 0 radical (unpaired) electrons. The van der Waals surface area contributed by atoms with E-state index in [9.17, 15) is 0 Å². The smallest absolute Gasteiger partial charge is 0.194 e. The van der Waals surface area contributed by atoms with Crippen LogP contribution in [0.3, 0.4) is 0 Å². The van der Waals surface area contributed by atoms with Gasteiger partial charge in [-0.25, -0.2) is 0 Å². The molecule has 23 heavy (non-hydrogen) atoms. The number of halogens is 1. The first-order chi connectivity index (χ1) is 10.7. The van der Waals surface area contributed by atoms with Crippen molar-refractivity contribution in [3.8, 4) is 0 Å². The van der Waals surface area contributed by atoms with Crippen LogP contribution in [0.4, 0.5) is 0 Å². The van der Waals surface area contributed by atoms with Crippen LogP contribution in [0.15, 0.2) is 35.0 Å². The van der Waals surface area contributed by atoms with Gasteiger partial charge in [0.2, 0.25) is 0 Å². The molecule has 0 aromatic carbocycles. The molecule has 0 saturated heterocycles. The molecule has 0 spiro atoms. The molecule has 2 heterocycles. The van der Waals surface area contributed by atoms with Crippen molar-refractivity contribution in [2.24, 2.45) is 12.0 Å². The topological polar surface area (TPSA) is 41.8 Å². The van der Waals surface area contributed by atoms with Crippen molar-refractivity contribution in [3.05, 3.63) is 35.7 Å². The predicted molar refractivity (Wildman–Crippen MR) is 106 cm³/mol. The molecule has 5 nitrogen and oxygen atoms in total. The number of nitrogens with zero attached hydrogens (tertiary/aromatic N) is 3. The van der Waals surface area contributed by atoms with Crippen LogP contribution in [-0.2, 0) is 18.3 Å². The third kappa shape index (κ3) is 6.55. The van der Waals surface area contributed by atoms with Crippen molar-refractivity contribution < 1.29 is 4.74 Å². The van der Waals surface area contributed by atoms with Gasteiger partial charge in [0, 0.05) is 39.1 Å². The highest BCUT2D eigenvalue weighted by Crippen LogP contribution is 2.12. The first-order valence-electron chi connectivity index (χ1n) is 8.06. The van der Waals surface area contributed by atoms with Crippen LogP contribution in [0.1, 0.15) is 25.5 Å². The maximum atomic E-state index is 5.34. The number of rotatable bonds is 6. The average molecular weight is 432 g/mol. The molecule has 0 amide bonds. The first kappa shape index (κ1) is 20.0. The highest BCUT2D eigenvalue weighted by Gasteiger charge is 2.08. The molecule has 0 atom stereocenters. The Morgan fingerprint density at radius 3 is 2.91 bits per heavy atom. The lowest BCUT2D eigenvalue weighted by Gasteiger charge is -2.22. The molecule has 1 aliphatic rings. The van der Waals surface area contributed by atoms with Crippen LogP contribution in [-0.4, -0.2) is 48.8 Å². The fraction of sp³-hybridized carbons (Fsp3) is 0.588. The average Bonchev–Trinajstić information content (AvgIpc) is 2.92. The minimum absolute atomic E-state index is 0. The van der Waals surface area contributed by atoms with E-state index in [1.165, 1.54) is 11.3 Å². The zero-order valence-corrected chi connectivity index (χ0v) is 16.7. The molecule has 2 rings (SSSR count). The minimum Gasteiger partial charge on any atom is -0.377 e. The number of ether oxygens (including phenoxy) is 1. The summed E-state index contributed by atoms with van der Waals surface area (Å²) in [6.45, 7) is 6.27. The molecule has 0 aliphatic carbocycles. The highest BCUT2D eigenvalue weighted by molar-refractivity contribution is 14.0. The van der Waals surface area contributed by atoms with Gasteiger partial charge in [-0.2, -0.15) is 0 Å². The van der Waals surface area contributed by atoms with E-state index in [4.69, 9.17) is 9.73 Å². The van der Waals surface area contributed by atoms with E-state index in [0.717, 1.165) is 51.6 Å². The molecule has 1 aromatic heterocycles. The lowest BCUT2D eigenvalue weighted by Crippen LogP contribution is -2.38. The summed E-state index contributed by atoms with van der Waals surface area (Å²) in [5.74, 6) is 0.969. The summed E-state index contributed by atoms with van der Waals surface area (Å²) in [6, 6.07) is 4.22. The van der Waals surface area contributed by atoms with Crippen molar-refractivity contribution in [2.45, 2.75) is 26.3 Å². The van der Waals surface area contributed by atoms with Gasteiger partial charge >= 0.3 is 0 Å². The van der Waals surface area contributed by atoms with Crippen molar-refractivity contribution in [1.29, 1.82) is 0 Å². The monoisotopic (exact) mass is 432 g/mol. The minimum atomic E-state index is 0. The summed E-state index contributed by atoms with van der Waals surface area (Å²) in [5, 5.41) is 3.37. The Labute approximate surface area is 156 Å². The third-order valence-electron chi connectivity index (χ3n) is 3.90. The summed E-state index contributed by atoms with van der Waals surface area (Å²) in [5.41, 5.74) is 2.75. The van der Waals surface area contributed by atoms with E-state index in [-0.39, 0.29) is 24.0 Å². The van der Waals surface area contributed by atoms with Gasteiger partial charge in [0.15, 0.2) is 5.96 Å². The molecular formula is C17H29IN4O. The van der Waals surface area contributed by atoms with Crippen LogP contribution in [0.2, 0.25) is 0 Å². The summed E-state index contributed by atoms with van der Waals surface area (Å²) < 4.78 is 7.48. The van der Waals surface area contributed by atoms with Gasteiger partial charge in [0.1, 0.15) is 0 Å². The summed E-state index contributed by atoms with van der Waals surface area (Å²) >= 11 is 0. The Kier molecular flexibility index (Phi) is 9.31. The maximum Gasteiger partial charge on any atom is 0.194 e. The molecule has 1 aromatic rings. The number of nitrogens with one attached hydrogen (secondary N) is 1. The van der Waals surface area contributed by atoms with Gasteiger partial charge in [-0.15, -0.1) is 24.0 Å². The number of aromatic nitrogens is 1. The van der Waals surface area contributed by atoms with E-state index in [2.05, 4.69) is 60.2 Å². The molecule has 0 fully saturated rings. The van der Waals surface area contributed by atoms with E-state index >= 15 is 0 Å². The number of hydrogen-bond donors (Lipinski definition) is 1. The maximum absolute atomic E-state index is 5.34. The second-order valence-electron chi connectivity index (χ2n) is 5.64. The molecule has 0 bridgehead atoms. The quantitative estimate of drug-likeness (QED) is 0.326. The fourth-order valence-corrected chi connectivity index (χ4v) is 2.55. The van der Waals surface area contributed by atoms with Gasteiger partial charge in [-0.3, -0.25) is 4.99 Å². The zero-order valence-electron chi connectivity index (χ0n) is 14.4. The van der Waals surface area contributed by atoms with Gasteiger partial charge in [-0.05, 0) is 31.9 Å². The van der Waals surface area contributed by atoms with Crippen LogP contribution in [0, 0.1) is 0 Å². The Morgan fingerprint density at radius 2 is 2.30 bits per heavy atom. The Bertz CT molecular complexity index is 524. The molecule has 0 unspecified atom stereocenters. The lowest BCUT2D eigenvalue weighted by molar-refractivity contribution is 0.153. The second-order valence-corrected chi connectivity index (χ2v) is 5.64. The Hall–Kier alpha value is -1.02. The number of hydrogen-bond acceptors (Lipinski definition) is 2. The SMILES string of the molecule is CCNC(=NCCC1=CCOCC1)N(C)Cc1cccn1C.I. The van der Waals surface area contributed by atoms with Crippen LogP contribution < -0.4 is 5.32 Å².